The van der Waals surface area contributed by atoms with E-state index in [4.69, 9.17) is 4.74 Å². The molecule has 0 saturated heterocycles. The minimum Gasteiger partial charge on any atom is -0.444 e. The lowest BCUT2D eigenvalue weighted by Crippen LogP contribution is -2.58. The third kappa shape index (κ3) is 6.94. The first-order valence-corrected chi connectivity index (χ1v) is 13.5. The molecule has 7 nitrogen and oxygen atoms in total. The largest absolute Gasteiger partial charge is 0.444 e. The first kappa shape index (κ1) is 29.2. The van der Waals surface area contributed by atoms with Gasteiger partial charge in [0.15, 0.2) is 0 Å². The van der Waals surface area contributed by atoms with Crippen molar-refractivity contribution in [3.63, 3.8) is 0 Å². The van der Waals surface area contributed by atoms with Gasteiger partial charge in [-0.25, -0.2) is 4.79 Å². The molecule has 0 spiro atoms. The first-order chi connectivity index (χ1) is 17.8. The molecule has 0 heterocycles. The van der Waals surface area contributed by atoms with E-state index < -0.39 is 23.8 Å². The zero-order chi connectivity index (χ0) is 28.2. The predicted molar refractivity (Wildman–Crippen MR) is 151 cm³/mol. The SMILES string of the molecule is Cc1ccccc1NC(=O)C(c1c(C)cccc1C)N(C(=O)C(NC(=O)OC(C)(C)C)C(C)C)C1CCC1. The van der Waals surface area contributed by atoms with Crippen molar-refractivity contribution in [2.45, 2.75) is 98.4 Å². The number of benzene rings is 2. The van der Waals surface area contributed by atoms with Crippen LogP contribution in [0.3, 0.4) is 0 Å². The molecule has 38 heavy (non-hydrogen) atoms. The van der Waals surface area contributed by atoms with Gasteiger partial charge in [0, 0.05) is 11.7 Å². The van der Waals surface area contributed by atoms with Crippen molar-refractivity contribution < 1.29 is 19.1 Å². The molecule has 1 fully saturated rings. The average molecular weight is 522 g/mol. The van der Waals surface area contributed by atoms with Crippen LogP contribution in [0.1, 0.15) is 82.2 Å². The highest BCUT2D eigenvalue weighted by atomic mass is 16.6. The maximum absolute atomic E-state index is 14.4. The van der Waals surface area contributed by atoms with Crippen LogP contribution in [-0.4, -0.2) is 40.5 Å². The van der Waals surface area contributed by atoms with Crippen LogP contribution in [-0.2, 0) is 14.3 Å². The molecule has 7 heteroatoms. The molecule has 0 aliphatic heterocycles. The van der Waals surface area contributed by atoms with Gasteiger partial charge in [-0.1, -0.05) is 50.2 Å². The van der Waals surface area contributed by atoms with Gasteiger partial charge in [0.1, 0.15) is 17.7 Å². The number of carbonyl (C=O) groups is 3. The number of aryl methyl sites for hydroxylation is 3. The van der Waals surface area contributed by atoms with Gasteiger partial charge in [-0.2, -0.15) is 0 Å². The lowest BCUT2D eigenvalue weighted by molar-refractivity contribution is -0.146. The number of alkyl carbamates (subject to hydrolysis) is 1. The van der Waals surface area contributed by atoms with Crippen LogP contribution in [0.25, 0.3) is 0 Å². The summed E-state index contributed by atoms with van der Waals surface area (Å²) in [5, 5.41) is 5.90. The number of nitrogens with zero attached hydrogens (tertiary/aromatic N) is 1. The molecule has 0 aromatic heterocycles. The molecule has 3 rings (SSSR count). The second-order valence-corrected chi connectivity index (χ2v) is 11.7. The average Bonchev–Trinajstić information content (AvgIpc) is 2.77. The maximum Gasteiger partial charge on any atom is 0.408 e. The molecule has 0 bridgehead atoms. The van der Waals surface area contributed by atoms with Crippen LogP contribution in [0.5, 0.6) is 0 Å². The third-order valence-corrected chi connectivity index (χ3v) is 7.07. The van der Waals surface area contributed by atoms with E-state index in [1.807, 2.05) is 77.1 Å². The fourth-order valence-corrected chi connectivity index (χ4v) is 4.86. The Morgan fingerprint density at radius 3 is 2.00 bits per heavy atom. The van der Waals surface area contributed by atoms with Crippen molar-refractivity contribution in [2.75, 3.05) is 5.32 Å². The Labute approximate surface area is 227 Å². The van der Waals surface area contributed by atoms with E-state index in [2.05, 4.69) is 10.6 Å². The van der Waals surface area contributed by atoms with Gasteiger partial charge in [0.25, 0.3) is 5.91 Å². The number of hydrogen-bond donors (Lipinski definition) is 2. The molecule has 1 aliphatic rings. The van der Waals surface area contributed by atoms with Crippen molar-refractivity contribution in [2.24, 2.45) is 5.92 Å². The van der Waals surface area contributed by atoms with Crippen molar-refractivity contribution in [1.82, 2.24) is 10.2 Å². The maximum atomic E-state index is 14.4. The van der Waals surface area contributed by atoms with E-state index in [0.29, 0.717) is 5.69 Å². The number of para-hydroxylation sites is 1. The zero-order valence-corrected chi connectivity index (χ0v) is 24.1. The van der Waals surface area contributed by atoms with Gasteiger partial charge in [0.05, 0.1) is 0 Å². The number of amides is 3. The fourth-order valence-electron chi connectivity index (χ4n) is 4.86. The van der Waals surface area contributed by atoms with E-state index >= 15 is 0 Å². The van der Waals surface area contributed by atoms with Gasteiger partial charge >= 0.3 is 6.09 Å². The van der Waals surface area contributed by atoms with Crippen LogP contribution in [0, 0.1) is 26.7 Å². The molecule has 0 radical (unpaired) electrons. The minimum atomic E-state index is -0.852. The molecule has 2 N–H and O–H groups in total. The molecule has 2 atom stereocenters. The Morgan fingerprint density at radius 2 is 1.50 bits per heavy atom. The Kier molecular flexibility index (Phi) is 9.23. The predicted octanol–water partition coefficient (Wildman–Crippen LogP) is 6.22. The number of rotatable bonds is 8. The number of ether oxygens (including phenoxy) is 1. The van der Waals surface area contributed by atoms with E-state index in [1.54, 1.807) is 25.7 Å². The molecule has 3 amide bonds. The van der Waals surface area contributed by atoms with Crippen molar-refractivity contribution in [3.8, 4) is 0 Å². The van der Waals surface area contributed by atoms with E-state index in [0.717, 1.165) is 41.5 Å². The highest BCUT2D eigenvalue weighted by Crippen LogP contribution is 2.37. The van der Waals surface area contributed by atoms with E-state index in [9.17, 15) is 14.4 Å². The zero-order valence-electron chi connectivity index (χ0n) is 24.1. The minimum absolute atomic E-state index is 0.101. The highest BCUT2D eigenvalue weighted by molar-refractivity contribution is 6.00. The molecule has 1 aliphatic carbocycles. The van der Waals surface area contributed by atoms with Crippen LogP contribution < -0.4 is 10.6 Å². The summed E-state index contributed by atoms with van der Waals surface area (Å²) >= 11 is 0. The molecule has 2 aromatic rings. The van der Waals surface area contributed by atoms with E-state index in [1.165, 1.54) is 0 Å². The second-order valence-electron chi connectivity index (χ2n) is 11.7. The van der Waals surface area contributed by atoms with Crippen molar-refractivity contribution >= 4 is 23.6 Å². The van der Waals surface area contributed by atoms with Gasteiger partial charge in [-0.05, 0) is 95.0 Å². The smallest absolute Gasteiger partial charge is 0.408 e. The normalized spacial score (nSPS) is 15.3. The second kappa shape index (κ2) is 12.0. The topological polar surface area (TPSA) is 87.7 Å². The summed E-state index contributed by atoms with van der Waals surface area (Å²) in [5.74, 6) is -0.754. The van der Waals surface area contributed by atoms with Crippen LogP contribution in [0.2, 0.25) is 0 Å². The summed E-state index contributed by atoms with van der Waals surface area (Å²) in [6.45, 7) is 15.0. The van der Waals surface area contributed by atoms with Gasteiger partial charge < -0.3 is 20.3 Å². The highest BCUT2D eigenvalue weighted by Gasteiger charge is 2.43. The lowest BCUT2D eigenvalue weighted by Gasteiger charge is -2.44. The fraction of sp³-hybridized carbons (Fsp3) is 0.516. The van der Waals surface area contributed by atoms with E-state index in [-0.39, 0.29) is 23.8 Å². The monoisotopic (exact) mass is 521 g/mol. The summed E-state index contributed by atoms with van der Waals surface area (Å²) in [6.07, 6.45) is 1.95. The summed E-state index contributed by atoms with van der Waals surface area (Å²) in [4.78, 5) is 43.0. The van der Waals surface area contributed by atoms with Crippen molar-refractivity contribution in [3.05, 3.63) is 64.7 Å². The number of nitrogens with one attached hydrogen (secondary N) is 2. The lowest BCUT2D eigenvalue weighted by atomic mass is 9.85. The number of carbonyl (C=O) groups excluding carboxylic acids is 3. The Bertz CT molecular complexity index is 1140. The van der Waals surface area contributed by atoms with Crippen molar-refractivity contribution in [1.29, 1.82) is 0 Å². The molecule has 2 aromatic carbocycles. The molecular weight excluding hydrogens is 478 g/mol. The summed E-state index contributed by atoms with van der Waals surface area (Å²) < 4.78 is 5.47. The Balaban J connectivity index is 2.08. The summed E-state index contributed by atoms with van der Waals surface area (Å²) in [6, 6.07) is 11.7. The quantitative estimate of drug-likeness (QED) is 0.432. The first-order valence-electron chi connectivity index (χ1n) is 13.5. The standard InChI is InChI=1S/C31H43N3O4/c1-19(2)26(33-30(37)38-31(6,7)8)29(36)34(23-16-12-17-23)27(25-21(4)14-11-15-22(25)5)28(35)32-24-18-10-9-13-20(24)3/h9-11,13-15,18-19,23,26-27H,12,16-17H2,1-8H3,(H,32,35)(H,33,37). The van der Waals surface area contributed by atoms with Crippen LogP contribution in [0.15, 0.2) is 42.5 Å². The number of anilines is 1. The molecule has 1 saturated carbocycles. The Hall–Kier alpha value is -3.35. The Morgan fingerprint density at radius 1 is 0.921 bits per heavy atom. The molecular formula is C31H43N3O4. The molecule has 206 valence electrons. The van der Waals surface area contributed by atoms with Gasteiger partial charge in [-0.3, -0.25) is 9.59 Å². The van der Waals surface area contributed by atoms with Gasteiger partial charge in [0.2, 0.25) is 5.91 Å². The van der Waals surface area contributed by atoms with Crippen LogP contribution >= 0.6 is 0 Å². The summed E-state index contributed by atoms with van der Waals surface area (Å²) in [7, 11) is 0. The molecule has 2 unspecified atom stereocenters. The number of hydrogen-bond acceptors (Lipinski definition) is 4. The van der Waals surface area contributed by atoms with Crippen LogP contribution in [0.4, 0.5) is 10.5 Å². The third-order valence-electron chi connectivity index (χ3n) is 7.07. The summed E-state index contributed by atoms with van der Waals surface area (Å²) in [5.41, 5.74) is 3.65. The van der Waals surface area contributed by atoms with Gasteiger partial charge in [-0.15, -0.1) is 0 Å².